The van der Waals surface area contributed by atoms with Crippen LogP contribution < -0.4 is 15.9 Å². The van der Waals surface area contributed by atoms with E-state index in [0.29, 0.717) is 0 Å². The monoisotopic (exact) mass is 758 g/mol. The van der Waals surface area contributed by atoms with Crippen LogP contribution in [0.3, 0.4) is 0 Å². The largest absolute Gasteiger partial charge is 0.309 e. The Morgan fingerprint density at radius 2 is 0.862 bits per heavy atom. The smallest absolute Gasteiger partial charge is 0.171 e. The predicted molar refractivity (Wildman–Crippen MR) is 245 cm³/mol. The fraction of sp³-hybridized carbons (Fsp3) is 0. The van der Waals surface area contributed by atoms with Gasteiger partial charge in [-0.2, -0.15) is 0 Å². The van der Waals surface area contributed by atoms with Crippen LogP contribution in [0.4, 0.5) is 0 Å². The zero-order valence-corrected chi connectivity index (χ0v) is 32.4. The lowest BCUT2D eigenvalue weighted by atomic mass is 9.85. The zero-order chi connectivity index (χ0) is 38.6. The van der Waals surface area contributed by atoms with Gasteiger partial charge in [0.15, 0.2) is 7.14 Å². The van der Waals surface area contributed by atoms with Crippen molar-refractivity contribution in [2.45, 2.75) is 0 Å². The van der Waals surface area contributed by atoms with Crippen LogP contribution in [0.25, 0.3) is 87.6 Å². The third-order valence-electron chi connectivity index (χ3n) is 11.5. The molecule has 0 aliphatic heterocycles. The summed E-state index contributed by atoms with van der Waals surface area (Å²) < 4.78 is 15.5. The van der Waals surface area contributed by atoms with Gasteiger partial charge in [-0.15, -0.1) is 0 Å². The highest BCUT2D eigenvalue weighted by molar-refractivity contribution is 7.85. The average Bonchev–Trinajstić information content (AvgIpc) is 3.30. The van der Waals surface area contributed by atoms with Crippen molar-refractivity contribution in [3.63, 3.8) is 0 Å². The van der Waals surface area contributed by atoms with Crippen LogP contribution in [-0.4, -0.2) is 9.97 Å². The molecule has 272 valence electrons. The van der Waals surface area contributed by atoms with E-state index in [1.807, 2.05) is 79.0 Å². The first kappa shape index (κ1) is 34.1. The second-order valence-corrected chi connectivity index (χ2v) is 17.6. The summed E-state index contributed by atoms with van der Waals surface area (Å²) >= 11 is 0. The quantitative estimate of drug-likeness (QED) is 0.0963. The molecule has 0 saturated heterocycles. The fourth-order valence-corrected chi connectivity index (χ4v) is 11.6. The molecule has 0 saturated carbocycles. The van der Waals surface area contributed by atoms with E-state index >= 15 is 4.57 Å². The summed E-state index contributed by atoms with van der Waals surface area (Å²) in [5, 5.41) is 11.5. The van der Waals surface area contributed by atoms with E-state index < -0.39 is 7.14 Å². The van der Waals surface area contributed by atoms with E-state index in [2.05, 4.69) is 133 Å². The van der Waals surface area contributed by atoms with Crippen molar-refractivity contribution in [1.29, 1.82) is 0 Å². The van der Waals surface area contributed by atoms with Gasteiger partial charge in [-0.25, -0.2) is 4.98 Å². The van der Waals surface area contributed by atoms with Gasteiger partial charge in [0.2, 0.25) is 0 Å². The molecule has 0 aliphatic rings. The van der Waals surface area contributed by atoms with Crippen molar-refractivity contribution >= 4 is 77.2 Å². The molecule has 58 heavy (non-hydrogen) atoms. The molecule has 3 nitrogen and oxygen atoms in total. The molecule has 0 bridgehead atoms. The average molecular weight is 759 g/mol. The van der Waals surface area contributed by atoms with E-state index in [1.165, 1.54) is 0 Å². The number of hydrogen-bond acceptors (Lipinski definition) is 3. The minimum atomic E-state index is -3.20. The summed E-state index contributed by atoms with van der Waals surface area (Å²) in [6, 6.07) is 71.2. The topological polar surface area (TPSA) is 42.9 Å². The van der Waals surface area contributed by atoms with Crippen molar-refractivity contribution in [2.75, 3.05) is 0 Å². The van der Waals surface area contributed by atoms with Gasteiger partial charge in [0.1, 0.15) is 0 Å². The van der Waals surface area contributed by atoms with Crippen LogP contribution in [-0.2, 0) is 4.57 Å². The fourth-order valence-electron chi connectivity index (χ4n) is 8.91. The lowest BCUT2D eigenvalue weighted by molar-refractivity contribution is 0.592. The Kier molecular flexibility index (Phi) is 8.10. The number of aromatic nitrogens is 2. The van der Waals surface area contributed by atoms with Crippen LogP contribution >= 0.6 is 7.14 Å². The van der Waals surface area contributed by atoms with Crippen molar-refractivity contribution in [3.8, 4) is 33.5 Å². The number of benzene rings is 9. The molecule has 0 unspecified atom stereocenters. The number of hydrogen-bond donors (Lipinski definition) is 0. The first-order valence-electron chi connectivity index (χ1n) is 19.6. The Morgan fingerprint density at radius 3 is 1.47 bits per heavy atom. The molecule has 0 N–H and O–H groups in total. The van der Waals surface area contributed by atoms with E-state index in [1.54, 1.807) is 0 Å². The molecule has 0 spiro atoms. The van der Waals surface area contributed by atoms with Gasteiger partial charge >= 0.3 is 0 Å². The molecule has 0 fully saturated rings. The Hall–Kier alpha value is -7.19. The standard InChI is InChI=1S/C54H35N2OP/c57-58(40-21-6-2-7-22-40,41-23-8-3-9-24-41)42-25-16-20-37(33-42)50-44-27-12-14-29-46(44)51(47-30-15-13-28-45(47)50)38-31-32-48-49(34-38)56-53(36-17-4-1-5-18-36)54-52(48)43-26-11-10-19-39(43)35-55-54/h1-35H. The maximum Gasteiger partial charge on any atom is 0.171 e. The molecule has 0 atom stereocenters. The van der Waals surface area contributed by atoms with Crippen molar-refractivity contribution in [1.82, 2.24) is 9.97 Å². The first-order chi connectivity index (χ1) is 28.7. The molecule has 0 aliphatic carbocycles. The molecule has 2 aromatic heterocycles. The minimum absolute atomic E-state index is 0.809. The molecule has 11 rings (SSSR count). The first-order valence-corrected chi connectivity index (χ1v) is 21.3. The zero-order valence-electron chi connectivity index (χ0n) is 31.5. The molecule has 2 heterocycles. The second kappa shape index (κ2) is 13.8. The number of nitrogens with zero attached hydrogens (tertiary/aromatic N) is 2. The molecule has 0 amide bonds. The van der Waals surface area contributed by atoms with E-state index in [4.69, 9.17) is 9.97 Å². The summed E-state index contributed by atoms with van der Waals surface area (Å²) in [4.78, 5) is 10.4. The van der Waals surface area contributed by atoms with E-state index in [9.17, 15) is 0 Å². The third kappa shape index (κ3) is 5.39. The van der Waals surface area contributed by atoms with Crippen molar-refractivity contribution < 1.29 is 4.57 Å². The molecule has 4 heteroatoms. The summed E-state index contributed by atoms with van der Waals surface area (Å²) in [6.07, 6.45) is 1.96. The summed E-state index contributed by atoms with van der Waals surface area (Å²) in [6.45, 7) is 0. The summed E-state index contributed by atoms with van der Waals surface area (Å²) in [7, 11) is -3.20. The maximum absolute atomic E-state index is 15.5. The Bertz CT molecular complexity index is 3320. The van der Waals surface area contributed by atoms with Gasteiger partial charge in [0.25, 0.3) is 0 Å². The summed E-state index contributed by atoms with van der Waals surface area (Å²) in [5.41, 5.74) is 8.14. The van der Waals surface area contributed by atoms with Gasteiger partial charge in [-0.3, -0.25) is 4.98 Å². The highest BCUT2D eigenvalue weighted by atomic mass is 31.2. The highest BCUT2D eigenvalue weighted by Crippen LogP contribution is 2.47. The van der Waals surface area contributed by atoms with Crippen molar-refractivity contribution in [2.24, 2.45) is 0 Å². The number of rotatable bonds is 6. The SMILES string of the molecule is O=P(c1ccccc1)(c1ccccc1)c1cccc(-c2c3ccccc3c(-c3ccc4c(c3)nc(-c3ccccc3)c3ncc5ccccc5c34)c3ccccc23)c1. The molecule has 0 radical (unpaired) electrons. The minimum Gasteiger partial charge on any atom is -0.309 e. The van der Waals surface area contributed by atoms with Crippen LogP contribution in [0.1, 0.15) is 0 Å². The number of fused-ring (bicyclic) bond motifs is 7. The van der Waals surface area contributed by atoms with Gasteiger partial charge in [-0.1, -0.05) is 194 Å². The van der Waals surface area contributed by atoms with Crippen LogP contribution in [0, 0.1) is 0 Å². The van der Waals surface area contributed by atoms with Crippen molar-refractivity contribution in [3.05, 3.63) is 212 Å². The maximum atomic E-state index is 15.5. The van der Waals surface area contributed by atoms with Gasteiger partial charge in [0.05, 0.1) is 16.7 Å². The predicted octanol–water partition coefficient (Wildman–Crippen LogP) is 12.9. The Labute approximate surface area is 336 Å². The molecule has 9 aromatic carbocycles. The molecular weight excluding hydrogens is 724 g/mol. The van der Waals surface area contributed by atoms with Crippen LogP contribution in [0.5, 0.6) is 0 Å². The van der Waals surface area contributed by atoms with E-state index in [0.717, 1.165) is 104 Å². The normalized spacial score (nSPS) is 11.9. The van der Waals surface area contributed by atoms with E-state index in [-0.39, 0.29) is 0 Å². The molecule has 11 aromatic rings. The Balaban J connectivity index is 1.16. The molecular formula is C54H35N2OP. The number of pyridine rings is 2. The highest BCUT2D eigenvalue weighted by Gasteiger charge is 2.30. The lowest BCUT2D eigenvalue weighted by Crippen LogP contribution is -2.25. The van der Waals surface area contributed by atoms with Crippen LogP contribution in [0.15, 0.2) is 212 Å². The third-order valence-corrected chi connectivity index (χ3v) is 14.6. The van der Waals surface area contributed by atoms with Crippen LogP contribution in [0.2, 0.25) is 0 Å². The second-order valence-electron chi connectivity index (χ2n) is 14.8. The van der Waals surface area contributed by atoms with Gasteiger partial charge in [0, 0.05) is 43.8 Å². The Morgan fingerprint density at radius 1 is 0.379 bits per heavy atom. The lowest BCUT2D eigenvalue weighted by Gasteiger charge is -2.22. The van der Waals surface area contributed by atoms with Gasteiger partial charge < -0.3 is 4.57 Å². The van der Waals surface area contributed by atoms with Gasteiger partial charge in [-0.05, 0) is 61.3 Å². The summed E-state index contributed by atoms with van der Waals surface area (Å²) in [5.74, 6) is 0.